The predicted octanol–water partition coefficient (Wildman–Crippen LogP) is 2.82. The molecule has 206 valence electrons. The number of carbonyl (C=O) groups excluding carboxylic acids is 3. The molecule has 7 heteroatoms. The van der Waals surface area contributed by atoms with Crippen LogP contribution < -0.4 is 45.3 Å². The Bertz CT molecular complexity index is 543. The van der Waals surface area contributed by atoms with Gasteiger partial charge < -0.3 is 20.5 Å². The van der Waals surface area contributed by atoms with Crippen molar-refractivity contribution in [2.45, 2.75) is 155 Å². The maximum absolute atomic E-state index is 12.6. The van der Waals surface area contributed by atoms with Gasteiger partial charge in [-0.05, 0) is 38.0 Å². The Morgan fingerprint density at radius 3 is 1.58 bits per heavy atom. The number of hydrogen-bond donors (Lipinski definition) is 2. The van der Waals surface area contributed by atoms with Gasteiger partial charge in [0.2, 0.25) is 11.8 Å². The Kier molecular flexibility index (Phi) is 28.6. The van der Waals surface area contributed by atoms with Crippen LogP contribution in [0.5, 0.6) is 0 Å². The predicted molar refractivity (Wildman–Crippen MR) is 143 cm³/mol. The number of nitrogens with one attached hydrogen (secondary N) is 2. The molecule has 0 aromatic carbocycles. The van der Waals surface area contributed by atoms with Crippen molar-refractivity contribution in [3.63, 3.8) is 0 Å². The number of rotatable bonds is 25. The zero-order valence-electron chi connectivity index (χ0n) is 24.1. The fourth-order valence-corrected chi connectivity index (χ4v) is 4.36. The van der Waals surface area contributed by atoms with Gasteiger partial charge in [-0.3, -0.25) is 9.59 Å². The van der Waals surface area contributed by atoms with Crippen LogP contribution in [0.3, 0.4) is 0 Å². The molecular formula is C29H55N2NaO4. The van der Waals surface area contributed by atoms with Gasteiger partial charge in [0.05, 0.1) is 0 Å². The Morgan fingerprint density at radius 2 is 1.11 bits per heavy atom. The van der Waals surface area contributed by atoms with Crippen molar-refractivity contribution in [2.24, 2.45) is 5.92 Å². The molecule has 0 aliphatic rings. The molecule has 0 bridgehead atoms. The summed E-state index contributed by atoms with van der Waals surface area (Å²) in [5.41, 5.74) is 0. The van der Waals surface area contributed by atoms with Crippen LogP contribution in [0.25, 0.3) is 0 Å². The summed E-state index contributed by atoms with van der Waals surface area (Å²) in [6.45, 7) is 7.03. The molecule has 0 aliphatic heterocycles. The summed E-state index contributed by atoms with van der Waals surface area (Å²) in [6, 6.07) is -0.443. The number of carbonyl (C=O) groups is 3. The van der Waals surface area contributed by atoms with E-state index in [0.717, 1.165) is 57.8 Å². The van der Waals surface area contributed by atoms with E-state index in [-0.39, 0.29) is 47.8 Å². The van der Waals surface area contributed by atoms with Crippen molar-refractivity contribution in [3.05, 3.63) is 0 Å². The number of carboxylic acid groups (broad SMARTS) is 1. The smallest absolute Gasteiger partial charge is 0.550 e. The van der Waals surface area contributed by atoms with Gasteiger partial charge in [-0.15, -0.1) is 0 Å². The van der Waals surface area contributed by atoms with Crippen molar-refractivity contribution in [3.8, 4) is 0 Å². The van der Waals surface area contributed by atoms with Gasteiger partial charge in [0.1, 0.15) is 6.04 Å². The van der Waals surface area contributed by atoms with Crippen molar-refractivity contribution in [1.29, 1.82) is 0 Å². The molecular weight excluding hydrogens is 463 g/mol. The van der Waals surface area contributed by atoms with Crippen molar-refractivity contribution in [2.75, 3.05) is 6.54 Å². The first-order valence-corrected chi connectivity index (χ1v) is 14.6. The number of hydrogen-bond acceptors (Lipinski definition) is 4. The maximum Gasteiger partial charge on any atom is 1.00 e. The Hall–Kier alpha value is -0.590. The second-order valence-electron chi connectivity index (χ2n) is 10.6. The van der Waals surface area contributed by atoms with E-state index in [1.54, 1.807) is 0 Å². The summed E-state index contributed by atoms with van der Waals surface area (Å²) >= 11 is 0. The van der Waals surface area contributed by atoms with Crippen molar-refractivity contribution in [1.82, 2.24) is 10.6 Å². The molecule has 6 nitrogen and oxygen atoms in total. The molecule has 0 saturated carbocycles. The molecule has 0 radical (unpaired) electrons. The summed E-state index contributed by atoms with van der Waals surface area (Å²) < 4.78 is 0. The topological polar surface area (TPSA) is 98.3 Å². The molecule has 0 aromatic heterocycles. The normalized spacial score (nSPS) is 11.7. The molecule has 1 atom stereocenters. The number of unbranched alkanes of at least 4 members (excludes halogenated alkanes) is 15. The summed E-state index contributed by atoms with van der Waals surface area (Å²) in [6.07, 6.45) is 20.5. The zero-order chi connectivity index (χ0) is 26.2. The summed E-state index contributed by atoms with van der Waals surface area (Å²) in [5, 5.41) is 16.4. The van der Waals surface area contributed by atoms with Crippen LogP contribution in [0.1, 0.15) is 149 Å². The number of aliphatic carboxylic acids is 1. The minimum absolute atomic E-state index is 0. The molecule has 0 spiro atoms. The van der Waals surface area contributed by atoms with Crippen LogP contribution in [0.4, 0.5) is 0 Å². The molecule has 2 N–H and O–H groups in total. The van der Waals surface area contributed by atoms with Gasteiger partial charge in [-0.1, -0.05) is 111 Å². The molecule has 36 heavy (non-hydrogen) atoms. The van der Waals surface area contributed by atoms with E-state index in [2.05, 4.69) is 31.4 Å². The minimum atomic E-state index is -0.957. The monoisotopic (exact) mass is 518 g/mol. The van der Waals surface area contributed by atoms with E-state index >= 15 is 0 Å². The standard InChI is InChI=1S/C29H56N2O4.Na/c1-4-5-6-7-8-9-12-15-18-21-27(32)31-26(24-25(2)3)29(35)30-23-20-17-14-11-10-13-16-19-22-28(33)34;/h25-26H,4-24H2,1-3H3,(H,30,35)(H,31,32)(H,33,34);/q;+1/p-1/t26-;/m0./s1. The average molecular weight is 519 g/mol. The maximum atomic E-state index is 12.6. The van der Waals surface area contributed by atoms with Gasteiger partial charge in [-0.2, -0.15) is 0 Å². The molecule has 0 heterocycles. The summed E-state index contributed by atoms with van der Waals surface area (Å²) in [4.78, 5) is 35.4. The second-order valence-corrected chi connectivity index (χ2v) is 10.6. The molecule has 0 aliphatic carbocycles. The first-order valence-electron chi connectivity index (χ1n) is 14.6. The van der Waals surface area contributed by atoms with Crippen LogP contribution in [-0.2, 0) is 14.4 Å². The Morgan fingerprint density at radius 1 is 0.667 bits per heavy atom. The van der Waals surface area contributed by atoms with Crippen LogP contribution in [0.2, 0.25) is 0 Å². The number of carboxylic acids is 1. The first-order chi connectivity index (χ1) is 16.9. The van der Waals surface area contributed by atoms with Gasteiger partial charge >= 0.3 is 29.6 Å². The summed E-state index contributed by atoms with van der Waals surface area (Å²) in [5.74, 6) is -0.688. The first kappa shape index (κ1) is 37.6. The van der Waals surface area contributed by atoms with E-state index in [0.29, 0.717) is 31.7 Å². The van der Waals surface area contributed by atoms with E-state index in [4.69, 9.17) is 0 Å². The van der Waals surface area contributed by atoms with Crippen LogP contribution in [0, 0.1) is 5.92 Å². The molecule has 0 unspecified atom stereocenters. The molecule has 2 amide bonds. The van der Waals surface area contributed by atoms with Crippen molar-refractivity contribution >= 4 is 17.8 Å². The average Bonchev–Trinajstić information content (AvgIpc) is 2.80. The Labute approximate surface area is 244 Å². The third kappa shape index (κ3) is 26.5. The van der Waals surface area contributed by atoms with E-state index < -0.39 is 12.0 Å². The van der Waals surface area contributed by atoms with E-state index in [1.807, 2.05) is 0 Å². The van der Waals surface area contributed by atoms with Crippen molar-refractivity contribution < 1.29 is 49.0 Å². The Balaban J connectivity index is 0. The van der Waals surface area contributed by atoms with E-state index in [9.17, 15) is 19.5 Å². The minimum Gasteiger partial charge on any atom is -0.550 e. The third-order valence-corrected chi connectivity index (χ3v) is 6.47. The summed E-state index contributed by atoms with van der Waals surface area (Å²) in [7, 11) is 0. The van der Waals surface area contributed by atoms with Crippen LogP contribution in [0.15, 0.2) is 0 Å². The molecule has 0 aromatic rings. The largest absolute Gasteiger partial charge is 1.00 e. The van der Waals surface area contributed by atoms with E-state index in [1.165, 1.54) is 44.9 Å². The molecule has 0 fully saturated rings. The van der Waals surface area contributed by atoms with Crippen LogP contribution >= 0.6 is 0 Å². The van der Waals surface area contributed by atoms with Gasteiger partial charge in [0.15, 0.2) is 0 Å². The molecule has 0 saturated heterocycles. The SMILES string of the molecule is CCCCCCCCCCCC(=O)N[C@@H](CC(C)C)C(=O)NCCCCCCCCCCC(=O)[O-].[Na+]. The fraction of sp³-hybridized carbons (Fsp3) is 0.897. The fourth-order valence-electron chi connectivity index (χ4n) is 4.36. The number of amides is 2. The second kappa shape index (κ2) is 27.4. The van der Waals surface area contributed by atoms with Crippen LogP contribution in [-0.4, -0.2) is 30.4 Å². The third-order valence-electron chi connectivity index (χ3n) is 6.47. The van der Waals surface area contributed by atoms with Gasteiger partial charge in [-0.25, -0.2) is 0 Å². The van der Waals surface area contributed by atoms with Gasteiger partial charge in [0, 0.05) is 18.9 Å². The zero-order valence-corrected chi connectivity index (χ0v) is 26.1. The van der Waals surface area contributed by atoms with Gasteiger partial charge in [0.25, 0.3) is 0 Å². The molecule has 0 rings (SSSR count). The quantitative estimate of drug-likeness (QED) is 0.143.